The number of halogens is 1. The van der Waals surface area contributed by atoms with Gasteiger partial charge in [-0.15, -0.1) is 5.10 Å². The van der Waals surface area contributed by atoms with Crippen LogP contribution < -0.4 is 10.2 Å². The van der Waals surface area contributed by atoms with E-state index < -0.39 is 11.8 Å². The maximum absolute atomic E-state index is 15.0. The van der Waals surface area contributed by atoms with E-state index in [1.54, 1.807) is 30.3 Å². The molecule has 0 aliphatic carbocycles. The first-order valence-corrected chi connectivity index (χ1v) is 13.4. The number of rotatable bonds is 5. The fourth-order valence-electron chi connectivity index (χ4n) is 4.21. The maximum atomic E-state index is 15.0. The van der Waals surface area contributed by atoms with Crippen LogP contribution >= 0.6 is 11.8 Å². The molecule has 0 bridgehead atoms. The van der Waals surface area contributed by atoms with E-state index in [0.717, 1.165) is 22.9 Å². The van der Waals surface area contributed by atoms with Crippen LogP contribution in [0.5, 0.6) is 0 Å². The lowest BCUT2D eigenvalue weighted by Crippen LogP contribution is -2.31. The van der Waals surface area contributed by atoms with E-state index in [-0.39, 0.29) is 34.3 Å². The monoisotopic (exact) mass is 553 g/mol. The van der Waals surface area contributed by atoms with E-state index in [2.05, 4.69) is 26.5 Å². The molecule has 1 aliphatic heterocycles. The van der Waals surface area contributed by atoms with Crippen LogP contribution in [0.15, 0.2) is 72.0 Å². The van der Waals surface area contributed by atoms with E-state index in [0.29, 0.717) is 22.5 Å². The summed E-state index contributed by atoms with van der Waals surface area (Å²) in [6, 6.07) is 18.1. The topological polar surface area (TPSA) is 116 Å². The number of benzene rings is 3. The SMILES string of the molecule is Cc1ccc(C(C)C)c(N2C(=O)CS/C2=N\C(=O)Nc2ccc(-c3ncn(-c4ccc(C#N)cc4)n3)cc2F)c1. The molecule has 1 saturated heterocycles. The molecule has 11 heteroatoms. The van der Waals surface area contributed by atoms with Crippen LogP contribution in [0.4, 0.5) is 20.6 Å². The van der Waals surface area contributed by atoms with Crippen molar-refractivity contribution in [3.8, 4) is 23.1 Å². The number of nitriles is 1. The molecular formula is C29H24FN7O2S. The molecule has 0 saturated carbocycles. The van der Waals surface area contributed by atoms with Crippen molar-refractivity contribution in [3.63, 3.8) is 0 Å². The predicted molar refractivity (Wildman–Crippen MR) is 153 cm³/mol. The zero-order chi connectivity index (χ0) is 28.4. The predicted octanol–water partition coefficient (Wildman–Crippen LogP) is 6.04. The number of thioether (sulfide) groups is 1. The number of carbonyl (C=O) groups excluding carboxylic acids is 2. The quantitative estimate of drug-likeness (QED) is 0.322. The zero-order valence-electron chi connectivity index (χ0n) is 21.9. The summed E-state index contributed by atoms with van der Waals surface area (Å²) < 4.78 is 16.5. The minimum absolute atomic E-state index is 0.0658. The van der Waals surface area contributed by atoms with Crippen molar-refractivity contribution in [1.29, 1.82) is 5.26 Å². The van der Waals surface area contributed by atoms with Crippen molar-refractivity contribution in [3.05, 3.63) is 89.5 Å². The molecule has 9 nitrogen and oxygen atoms in total. The molecule has 1 aromatic heterocycles. The van der Waals surface area contributed by atoms with E-state index in [1.807, 2.05) is 39.0 Å². The number of anilines is 2. The van der Waals surface area contributed by atoms with Crippen LogP contribution in [0.3, 0.4) is 0 Å². The third-order valence-corrected chi connectivity index (χ3v) is 7.16. The number of nitrogens with zero attached hydrogens (tertiary/aromatic N) is 6. The molecule has 1 aliphatic rings. The van der Waals surface area contributed by atoms with Crippen LogP contribution in [0.25, 0.3) is 17.1 Å². The van der Waals surface area contributed by atoms with Crippen molar-refractivity contribution < 1.29 is 14.0 Å². The lowest BCUT2D eigenvalue weighted by Gasteiger charge is -2.22. The van der Waals surface area contributed by atoms with Gasteiger partial charge in [0.1, 0.15) is 12.1 Å². The largest absolute Gasteiger partial charge is 0.347 e. The highest BCUT2D eigenvalue weighted by Gasteiger charge is 2.32. The Morgan fingerprint density at radius 1 is 1.15 bits per heavy atom. The van der Waals surface area contributed by atoms with Crippen LogP contribution in [0, 0.1) is 24.1 Å². The zero-order valence-corrected chi connectivity index (χ0v) is 22.7. The minimum Gasteiger partial charge on any atom is -0.303 e. The number of nitrogens with one attached hydrogen (secondary N) is 1. The van der Waals surface area contributed by atoms with Gasteiger partial charge in [0.15, 0.2) is 11.0 Å². The summed E-state index contributed by atoms with van der Waals surface area (Å²) >= 11 is 1.16. The number of urea groups is 1. The molecule has 2 heterocycles. The molecule has 0 unspecified atom stereocenters. The van der Waals surface area contributed by atoms with Gasteiger partial charge >= 0.3 is 6.03 Å². The highest BCUT2D eigenvalue weighted by atomic mass is 32.2. The summed E-state index contributed by atoms with van der Waals surface area (Å²) in [6.45, 7) is 6.00. The lowest BCUT2D eigenvalue weighted by atomic mass is 9.99. The molecule has 1 N–H and O–H groups in total. The van der Waals surface area contributed by atoms with Gasteiger partial charge in [-0.3, -0.25) is 9.69 Å². The number of carbonyl (C=O) groups is 2. The summed E-state index contributed by atoms with van der Waals surface area (Å²) in [7, 11) is 0. The van der Waals surface area contributed by atoms with Gasteiger partial charge in [0, 0.05) is 5.56 Å². The summed E-state index contributed by atoms with van der Waals surface area (Å²) in [5.74, 6) is -0.261. The second-order valence-corrected chi connectivity index (χ2v) is 10.4. The molecule has 1 fully saturated rings. The fraction of sp³-hybridized carbons (Fsp3) is 0.172. The molecule has 3 amide bonds. The number of amidine groups is 1. The van der Waals surface area contributed by atoms with Crippen LogP contribution in [0.1, 0.15) is 36.5 Å². The Bertz CT molecular complexity index is 1690. The highest BCUT2D eigenvalue weighted by molar-refractivity contribution is 8.15. The maximum Gasteiger partial charge on any atom is 0.347 e. The number of aliphatic imine (C=N–C) groups is 1. The van der Waals surface area contributed by atoms with Gasteiger partial charge in [-0.05, 0) is 72.5 Å². The van der Waals surface area contributed by atoms with Crippen LogP contribution in [0.2, 0.25) is 0 Å². The Morgan fingerprint density at radius 3 is 2.62 bits per heavy atom. The van der Waals surface area contributed by atoms with Gasteiger partial charge < -0.3 is 5.32 Å². The second kappa shape index (κ2) is 11.1. The third-order valence-electron chi connectivity index (χ3n) is 6.23. The van der Waals surface area contributed by atoms with Gasteiger partial charge in [-0.2, -0.15) is 10.3 Å². The van der Waals surface area contributed by atoms with Gasteiger partial charge in [0.25, 0.3) is 0 Å². The Labute approximate surface area is 234 Å². The van der Waals surface area contributed by atoms with Crippen molar-refractivity contribution in [1.82, 2.24) is 14.8 Å². The molecule has 0 spiro atoms. The average molecular weight is 554 g/mol. The number of aromatic nitrogens is 3. The van der Waals surface area contributed by atoms with Gasteiger partial charge in [0.05, 0.1) is 34.4 Å². The number of hydrogen-bond donors (Lipinski definition) is 1. The van der Waals surface area contributed by atoms with Gasteiger partial charge in [-0.1, -0.05) is 37.7 Å². The average Bonchev–Trinajstić information content (AvgIpc) is 3.57. The smallest absolute Gasteiger partial charge is 0.303 e. The summed E-state index contributed by atoms with van der Waals surface area (Å²) in [4.78, 5) is 35.4. The van der Waals surface area contributed by atoms with Crippen LogP contribution in [-0.4, -0.2) is 37.6 Å². The summed E-state index contributed by atoms with van der Waals surface area (Å²) in [5.41, 5.74) is 4.21. The number of aryl methyl sites for hydroxylation is 1. The summed E-state index contributed by atoms with van der Waals surface area (Å²) in [5, 5.41) is 16.1. The Kier molecular flexibility index (Phi) is 7.44. The van der Waals surface area contributed by atoms with E-state index in [1.165, 1.54) is 28.0 Å². The van der Waals surface area contributed by atoms with Crippen molar-refractivity contribution in [2.75, 3.05) is 16.0 Å². The molecule has 200 valence electrons. The van der Waals surface area contributed by atoms with Crippen molar-refractivity contribution in [2.45, 2.75) is 26.7 Å². The Morgan fingerprint density at radius 2 is 1.93 bits per heavy atom. The second-order valence-electron chi connectivity index (χ2n) is 9.43. The van der Waals surface area contributed by atoms with Gasteiger partial charge in [0.2, 0.25) is 5.91 Å². The first-order valence-electron chi connectivity index (χ1n) is 12.4. The first kappa shape index (κ1) is 26.8. The number of hydrogen-bond acceptors (Lipinski definition) is 6. The van der Waals surface area contributed by atoms with E-state index in [9.17, 15) is 14.0 Å². The van der Waals surface area contributed by atoms with E-state index >= 15 is 0 Å². The van der Waals surface area contributed by atoms with Crippen LogP contribution in [-0.2, 0) is 4.79 Å². The highest BCUT2D eigenvalue weighted by Crippen LogP contribution is 2.34. The minimum atomic E-state index is -0.796. The molecule has 40 heavy (non-hydrogen) atoms. The molecule has 3 aromatic carbocycles. The fourth-order valence-corrected chi connectivity index (χ4v) is 5.07. The Balaban J connectivity index is 1.34. The molecule has 4 aromatic rings. The number of amides is 3. The third kappa shape index (κ3) is 5.48. The first-order chi connectivity index (χ1) is 19.2. The molecule has 5 rings (SSSR count). The summed E-state index contributed by atoms with van der Waals surface area (Å²) in [6.07, 6.45) is 1.49. The van der Waals surface area contributed by atoms with Gasteiger partial charge in [-0.25, -0.2) is 18.9 Å². The molecular weight excluding hydrogens is 529 g/mol. The normalized spacial score (nSPS) is 14.2. The molecule has 0 radical (unpaired) electrons. The molecule has 0 atom stereocenters. The van der Waals surface area contributed by atoms with Crippen molar-refractivity contribution in [2.24, 2.45) is 4.99 Å². The standard InChI is InChI=1S/C29H24FN7O2S/c1-17(2)22-10-4-18(3)12-25(22)37-26(38)15-40-29(37)34-28(39)33-24-11-7-20(13-23(24)30)27-32-16-36(35-27)21-8-5-19(14-31)6-9-21/h4-13,16-17H,15H2,1-3H3,(H,33,39)/b34-29-. The van der Waals surface area contributed by atoms with E-state index in [4.69, 9.17) is 5.26 Å². The van der Waals surface area contributed by atoms with Crippen molar-refractivity contribution >= 4 is 40.2 Å². The Hall–Kier alpha value is -4.82. The lowest BCUT2D eigenvalue weighted by molar-refractivity contribution is -0.115.